The van der Waals surface area contributed by atoms with Crippen molar-refractivity contribution in [3.05, 3.63) is 12.3 Å². The van der Waals surface area contributed by atoms with Gasteiger partial charge in [-0.15, -0.1) is 0 Å². The SMILES string of the molecule is CC1(C)OB(C2C=COCC2)OC1(C)C. The van der Waals surface area contributed by atoms with Crippen LogP contribution in [0.3, 0.4) is 0 Å². The van der Waals surface area contributed by atoms with Crippen LogP contribution in [0.4, 0.5) is 0 Å². The van der Waals surface area contributed by atoms with Crippen molar-refractivity contribution < 1.29 is 14.0 Å². The lowest BCUT2D eigenvalue weighted by atomic mass is 9.70. The van der Waals surface area contributed by atoms with Gasteiger partial charge in [0, 0.05) is 5.82 Å². The lowest BCUT2D eigenvalue weighted by Gasteiger charge is -2.32. The van der Waals surface area contributed by atoms with Crippen LogP contribution < -0.4 is 0 Å². The van der Waals surface area contributed by atoms with Gasteiger partial charge in [0.15, 0.2) is 0 Å². The predicted octanol–water partition coefficient (Wildman–Crippen LogP) is 2.38. The first-order valence-corrected chi connectivity index (χ1v) is 5.56. The van der Waals surface area contributed by atoms with Crippen molar-refractivity contribution in [2.24, 2.45) is 0 Å². The van der Waals surface area contributed by atoms with Gasteiger partial charge in [-0.25, -0.2) is 0 Å². The molecule has 84 valence electrons. The third kappa shape index (κ3) is 1.93. The van der Waals surface area contributed by atoms with E-state index in [2.05, 4.69) is 27.7 Å². The lowest BCUT2D eigenvalue weighted by Crippen LogP contribution is -2.41. The lowest BCUT2D eigenvalue weighted by molar-refractivity contribution is 0.00578. The van der Waals surface area contributed by atoms with E-state index in [-0.39, 0.29) is 18.3 Å². The zero-order valence-corrected chi connectivity index (χ0v) is 9.95. The highest BCUT2D eigenvalue weighted by Crippen LogP contribution is 2.41. The summed E-state index contributed by atoms with van der Waals surface area (Å²) >= 11 is 0. The Hall–Kier alpha value is -0.475. The number of allylic oxidation sites excluding steroid dienone is 1. The van der Waals surface area contributed by atoms with E-state index in [1.807, 2.05) is 6.08 Å². The first kappa shape index (κ1) is 11.0. The second kappa shape index (κ2) is 3.53. The fourth-order valence-electron chi connectivity index (χ4n) is 1.82. The van der Waals surface area contributed by atoms with Crippen LogP contribution in [0.25, 0.3) is 0 Å². The summed E-state index contributed by atoms with van der Waals surface area (Å²) in [6, 6.07) is 0. The van der Waals surface area contributed by atoms with E-state index in [4.69, 9.17) is 14.0 Å². The zero-order chi connectivity index (χ0) is 11.1. The minimum Gasteiger partial charge on any atom is -0.502 e. The highest BCUT2D eigenvalue weighted by Gasteiger charge is 2.53. The average molecular weight is 210 g/mol. The Bertz CT molecular complexity index is 257. The van der Waals surface area contributed by atoms with Gasteiger partial charge in [0.25, 0.3) is 0 Å². The van der Waals surface area contributed by atoms with E-state index in [1.54, 1.807) is 6.26 Å². The van der Waals surface area contributed by atoms with Crippen LogP contribution >= 0.6 is 0 Å². The largest absolute Gasteiger partial charge is 0.502 e. The highest BCUT2D eigenvalue weighted by molar-refractivity contribution is 6.48. The number of hydrogen-bond acceptors (Lipinski definition) is 3. The number of ether oxygens (including phenoxy) is 1. The summed E-state index contributed by atoms with van der Waals surface area (Å²) in [5.74, 6) is 0.319. The molecule has 2 heterocycles. The minimum atomic E-state index is -0.232. The zero-order valence-electron chi connectivity index (χ0n) is 9.95. The second-order valence-electron chi connectivity index (χ2n) is 5.28. The molecule has 0 bridgehead atoms. The molecule has 2 aliphatic heterocycles. The van der Waals surface area contributed by atoms with Crippen LogP contribution in [0.15, 0.2) is 12.3 Å². The summed E-state index contributed by atoms with van der Waals surface area (Å²) in [4.78, 5) is 0. The van der Waals surface area contributed by atoms with Crippen LogP contribution in [0.1, 0.15) is 34.1 Å². The molecule has 0 aromatic heterocycles. The standard InChI is InChI=1S/C11H19BO3/c1-10(2)11(3,4)15-12(14-10)9-5-7-13-8-6-9/h5,7,9H,6,8H2,1-4H3. The van der Waals surface area contributed by atoms with Gasteiger partial charge < -0.3 is 14.0 Å². The molecule has 0 radical (unpaired) electrons. The van der Waals surface area contributed by atoms with E-state index >= 15 is 0 Å². The van der Waals surface area contributed by atoms with Crippen molar-refractivity contribution in [2.75, 3.05) is 6.61 Å². The highest BCUT2D eigenvalue weighted by atomic mass is 16.7. The number of hydrogen-bond donors (Lipinski definition) is 0. The Morgan fingerprint density at radius 1 is 1.13 bits per heavy atom. The maximum absolute atomic E-state index is 5.97. The Kier molecular flexibility index (Phi) is 2.59. The summed E-state index contributed by atoms with van der Waals surface area (Å²) in [5.41, 5.74) is -0.465. The molecule has 0 N–H and O–H groups in total. The van der Waals surface area contributed by atoms with Crippen molar-refractivity contribution in [1.82, 2.24) is 0 Å². The van der Waals surface area contributed by atoms with Crippen molar-refractivity contribution in [3.63, 3.8) is 0 Å². The molecule has 4 heteroatoms. The van der Waals surface area contributed by atoms with Gasteiger partial charge in [-0.1, -0.05) is 0 Å². The molecule has 0 saturated carbocycles. The summed E-state index contributed by atoms with van der Waals surface area (Å²) in [6.45, 7) is 9.07. The van der Waals surface area contributed by atoms with Gasteiger partial charge in [-0.3, -0.25) is 0 Å². The van der Waals surface area contributed by atoms with Gasteiger partial charge in [0.2, 0.25) is 0 Å². The molecule has 1 saturated heterocycles. The normalized spacial score (nSPS) is 32.8. The van der Waals surface area contributed by atoms with Crippen LogP contribution in [0, 0.1) is 0 Å². The second-order valence-corrected chi connectivity index (χ2v) is 5.28. The minimum absolute atomic E-state index is 0.129. The molecular weight excluding hydrogens is 191 g/mol. The number of rotatable bonds is 1. The third-order valence-corrected chi connectivity index (χ3v) is 3.61. The van der Waals surface area contributed by atoms with Gasteiger partial charge in [-0.05, 0) is 40.2 Å². The molecule has 1 atom stereocenters. The maximum Gasteiger partial charge on any atom is 0.465 e. The molecule has 0 spiro atoms. The Morgan fingerprint density at radius 2 is 1.73 bits per heavy atom. The fraction of sp³-hybridized carbons (Fsp3) is 0.818. The molecule has 0 aromatic carbocycles. The quantitative estimate of drug-likeness (QED) is 0.622. The molecule has 2 aliphatic rings. The summed E-state index contributed by atoms with van der Waals surface area (Å²) in [7, 11) is -0.129. The molecule has 2 rings (SSSR count). The van der Waals surface area contributed by atoms with E-state index < -0.39 is 0 Å². The summed E-state index contributed by atoms with van der Waals surface area (Å²) in [5, 5.41) is 0. The van der Waals surface area contributed by atoms with Crippen molar-refractivity contribution in [1.29, 1.82) is 0 Å². The predicted molar refractivity (Wildman–Crippen MR) is 59.5 cm³/mol. The summed E-state index contributed by atoms with van der Waals surface area (Å²) < 4.78 is 17.1. The molecule has 3 nitrogen and oxygen atoms in total. The molecule has 1 unspecified atom stereocenters. The van der Waals surface area contributed by atoms with Crippen LogP contribution in [-0.2, 0) is 14.0 Å². The Labute approximate surface area is 91.9 Å². The summed E-state index contributed by atoms with van der Waals surface area (Å²) in [6.07, 6.45) is 4.75. The molecule has 0 amide bonds. The Balaban J connectivity index is 2.08. The topological polar surface area (TPSA) is 27.7 Å². The van der Waals surface area contributed by atoms with Gasteiger partial charge in [0.1, 0.15) is 0 Å². The first-order valence-electron chi connectivity index (χ1n) is 5.56. The molecular formula is C11H19BO3. The van der Waals surface area contributed by atoms with Gasteiger partial charge >= 0.3 is 7.12 Å². The first-order chi connectivity index (χ1) is 6.92. The smallest absolute Gasteiger partial charge is 0.465 e. The van der Waals surface area contributed by atoms with E-state index in [1.165, 1.54) is 0 Å². The fourth-order valence-corrected chi connectivity index (χ4v) is 1.82. The maximum atomic E-state index is 5.97. The molecule has 0 aliphatic carbocycles. The van der Waals surface area contributed by atoms with Crippen molar-refractivity contribution >= 4 is 7.12 Å². The van der Waals surface area contributed by atoms with Crippen LogP contribution in [0.5, 0.6) is 0 Å². The van der Waals surface area contributed by atoms with Gasteiger partial charge in [-0.2, -0.15) is 0 Å². The van der Waals surface area contributed by atoms with Gasteiger partial charge in [0.05, 0.1) is 24.1 Å². The molecule has 15 heavy (non-hydrogen) atoms. The molecule has 0 aromatic rings. The van der Waals surface area contributed by atoms with Crippen LogP contribution in [-0.4, -0.2) is 24.9 Å². The van der Waals surface area contributed by atoms with Crippen molar-refractivity contribution in [2.45, 2.75) is 51.1 Å². The average Bonchev–Trinajstić information content (AvgIpc) is 2.38. The monoisotopic (exact) mass is 210 g/mol. The van der Waals surface area contributed by atoms with E-state index in [0.717, 1.165) is 13.0 Å². The van der Waals surface area contributed by atoms with E-state index in [0.29, 0.717) is 5.82 Å². The van der Waals surface area contributed by atoms with E-state index in [9.17, 15) is 0 Å². The van der Waals surface area contributed by atoms with Crippen LogP contribution in [0.2, 0.25) is 5.82 Å². The van der Waals surface area contributed by atoms with Crippen molar-refractivity contribution in [3.8, 4) is 0 Å². The molecule has 1 fully saturated rings. The Morgan fingerprint density at radius 3 is 2.20 bits per heavy atom. The third-order valence-electron chi connectivity index (χ3n) is 3.61.